The topological polar surface area (TPSA) is 24.5 Å². The van der Waals surface area contributed by atoms with Gasteiger partial charge in [-0.25, -0.2) is 0 Å². The van der Waals surface area contributed by atoms with Crippen LogP contribution in [0.4, 0.5) is 0 Å². The van der Waals surface area contributed by atoms with Crippen LogP contribution < -0.4 is 5.32 Å². The smallest absolute Gasteiger partial charge is 0.0805 e. The van der Waals surface area contributed by atoms with E-state index in [1.807, 2.05) is 7.11 Å². The van der Waals surface area contributed by atoms with E-state index in [4.69, 9.17) is 4.74 Å². The van der Waals surface area contributed by atoms with Gasteiger partial charge in [0.1, 0.15) is 0 Å². The monoisotopic (exact) mass is 226 g/mol. The largest absolute Gasteiger partial charge is 0.377 e. The molecular weight excluding hydrogens is 200 g/mol. The second kappa shape index (κ2) is 4.63. The fourth-order valence-corrected chi connectivity index (χ4v) is 2.96. The summed E-state index contributed by atoms with van der Waals surface area (Å²) in [6.07, 6.45) is 5.08. The molecule has 16 heavy (non-hydrogen) atoms. The summed E-state index contributed by atoms with van der Waals surface area (Å²) in [6.45, 7) is 9.20. The minimum atomic E-state index is 0.181. The molecule has 1 N–H and O–H groups in total. The third-order valence-corrected chi connectivity index (χ3v) is 4.08. The summed E-state index contributed by atoms with van der Waals surface area (Å²) in [5.41, 5.74) is 0.426. The first-order chi connectivity index (χ1) is 7.55. The van der Waals surface area contributed by atoms with Crippen molar-refractivity contribution >= 4 is 0 Å². The highest BCUT2D eigenvalue weighted by Gasteiger charge is 2.39. The second-order valence-electron chi connectivity index (χ2n) is 6.12. The molecule has 3 nitrogen and oxygen atoms in total. The van der Waals surface area contributed by atoms with Gasteiger partial charge in [0.15, 0.2) is 0 Å². The van der Waals surface area contributed by atoms with Crippen molar-refractivity contribution in [3.05, 3.63) is 0 Å². The summed E-state index contributed by atoms with van der Waals surface area (Å²) in [5.74, 6) is 0. The van der Waals surface area contributed by atoms with Gasteiger partial charge in [-0.2, -0.15) is 0 Å². The number of methoxy groups -OCH3 is 1. The standard InChI is InChI=1S/C13H26N2O/c1-12(2)10-15(9-5-8-14-12)11-13(16-3)6-4-7-13/h14H,4-11H2,1-3H3. The molecule has 1 aliphatic heterocycles. The van der Waals surface area contributed by atoms with E-state index in [1.165, 1.54) is 32.2 Å². The Labute approximate surface area is 99.5 Å². The molecule has 1 saturated heterocycles. The quantitative estimate of drug-likeness (QED) is 0.791. The van der Waals surface area contributed by atoms with Crippen molar-refractivity contribution in [1.29, 1.82) is 0 Å². The zero-order valence-electron chi connectivity index (χ0n) is 11.0. The van der Waals surface area contributed by atoms with Gasteiger partial charge in [-0.15, -0.1) is 0 Å². The van der Waals surface area contributed by atoms with Crippen molar-refractivity contribution in [1.82, 2.24) is 10.2 Å². The van der Waals surface area contributed by atoms with E-state index < -0.39 is 0 Å². The lowest BCUT2D eigenvalue weighted by atomic mass is 9.79. The Hall–Kier alpha value is -0.120. The molecule has 2 rings (SSSR count). The van der Waals surface area contributed by atoms with Gasteiger partial charge < -0.3 is 10.1 Å². The van der Waals surface area contributed by atoms with Crippen molar-refractivity contribution in [2.75, 3.05) is 33.3 Å². The van der Waals surface area contributed by atoms with Crippen LogP contribution in [-0.4, -0.2) is 49.3 Å². The highest BCUT2D eigenvalue weighted by Crippen LogP contribution is 2.36. The number of nitrogens with one attached hydrogen (secondary N) is 1. The van der Waals surface area contributed by atoms with Gasteiger partial charge in [0.25, 0.3) is 0 Å². The number of hydrogen-bond donors (Lipinski definition) is 1. The molecule has 1 aliphatic carbocycles. The zero-order chi connectivity index (χ0) is 11.6. The van der Waals surface area contributed by atoms with Crippen LogP contribution in [0.5, 0.6) is 0 Å². The average Bonchev–Trinajstić information content (AvgIpc) is 2.33. The van der Waals surface area contributed by atoms with Crippen LogP contribution in [0.3, 0.4) is 0 Å². The molecule has 3 heteroatoms. The molecule has 0 bridgehead atoms. The van der Waals surface area contributed by atoms with Gasteiger partial charge >= 0.3 is 0 Å². The number of ether oxygens (including phenoxy) is 1. The lowest BCUT2D eigenvalue weighted by molar-refractivity contribution is -0.0924. The summed E-state index contributed by atoms with van der Waals surface area (Å²) in [7, 11) is 1.88. The van der Waals surface area contributed by atoms with Gasteiger partial charge in [-0.1, -0.05) is 0 Å². The second-order valence-corrected chi connectivity index (χ2v) is 6.12. The SMILES string of the molecule is COC1(CN2CCCNC(C)(C)C2)CCC1. The van der Waals surface area contributed by atoms with Gasteiger partial charge in [0, 0.05) is 25.7 Å². The Balaban J connectivity index is 1.92. The van der Waals surface area contributed by atoms with Crippen molar-refractivity contribution in [2.45, 2.75) is 50.7 Å². The van der Waals surface area contributed by atoms with Crippen LogP contribution in [0.25, 0.3) is 0 Å². The molecule has 1 saturated carbocycles. The van der Waals surface area contributed by atoms with Crippen LogP contribution in [0.2, 0.25) is 0 Å². The van der Waals surface area contributed by atoms with E-state index >= 15 is 0 Å². The Kier molecular flexibility index (Phi) is 3.57. The predicted octanol–water partition coefficient (Wildman–Crippen LogP) is 1.63. The molecule has 0 radical (unpaired) electrons. The van der Waals surface area contributed by atoms with Crippen LogP contribution in [0.1, 0.15) is 39.5 Å². The molecule has 0 spiro atoms. The molecular formula is C13H26N2O. The summed E-state index contributed by atoms with van der Waals surface area (Å²) in [4.78, 5) is 2.59. The minimum absolute atomic E-state index is 0.181. The Morgan fingerprint density at radius 2 is 2.00 bits per heavy atom. The van der Waals surface area contributed by atoms with Crippen LogP contribution in [0.15, 0.2) is 0 Å². The van der Waals surface area contributed by atoms with Crippen molar-refractivity contribution in [3.63, 3.8) is 0 Å². The van der Waals surface area contributed by atoms with Crippen molar-refractivity contribution in [3.8, 4) is 0 Å². The first kappa shape index (κ1) is 12.3. The molecule has 2 aliphatic rings. The van der Waals surface area contributed by atoms with E-state index in [0.717, 1.165) is 19.6 Å². The Bertz CT molecular complexity index is 231. The minimum Gasteiger partial charge on any atom is -0.377 e. The van der Waals surface area contributed by atoms with Gasteiger partial charge in [0.05, 0.1) is 5.60 Å². The summed E-state index contributed by atoms with van der Waals surface area (Å²) >= 11 is 0. The number of hydrogen-bond acceptors (Lipinski definition) is 3. The molecule has 94 valence electrons. The molecule has 2 fully saturated rings. The third-order valence-electron chi connectivity index (χ3n) is 4.08. The fourth-order valence-electron chi connectivity index (χ4n) is 2.96. The average molecular weight is 226 g/mol. The van der Waals surface area contributed by atoms with E-state index in [2.05, 4.69) is 24.1 Å². The predicted molar refractivity (Wildman–Crippen MR) is 66.7 cm³/mol. The first-order valence-corrected chi connectivity index (χ1v) is 6.58. The summed E-state index contributed by atoms with van der Waals surface area (Å²) < 4.78 is 5.72. The number of nitrogens with zero attached hydrogens (tertiary/aromatic N) is 1. The molecule has 0 aromatic heterocycles. The Morgan fingerprint density at radius 1 is 1.25 bits per heavy atom. The lowest BCUT2D eigenvalue weighted by Crippen LogP contribution is -2.53. The molecule has 0 aromatic carbocycles. The van der Waals surface area contributed by atoms with Gasteiger partial charge in [-0.05, 0) is 52.6 Å². The molecule has 0 amide bonds. The van der Waals surface area contributed by atoms with Crippen molar-refractivity contribution in [2.24, 2.45) is 0 Å². The normalized spacial score (nSPS) is 29.4. The lowest BCUT2D eigenvalue weighted by Gasteiger charge is -2.44. The van der Waals surface area contributed by atoms with Crippen LogP contribution in [-0.2, 0) is 4.74 Å². The first-order valence-electron chi connectivity index (χ1n) is 6.58. The van der Waals surface area contributed by atoms with Crippen molar-refractivity contribution < 1.29 is 4.74 Å². The molecule has 0 atom stereocenters. The van der Waals surface area contributed by atoms with Crippen LogP contribution >= 0.6 is 0 Å². The van der Waals surface area contributed by atoms with E-state index in [0.29, 0.717) is 0 Å². The molecule has 1 heterocycles. The molecule has 0 aromatic rings. The highest BCUT2D eigenvalue weighted by molar-refractivity contribution is 4.95. The van der Waals surface area contributed by atoms with E-state index in [-0.39, 0.29) is 11.1 Å². The van der Waals surface area contributed by atoms with Gasteiger partial charge in [0.2, 0.25) is 0 Å². The maximum absolute atomic E-state index is 5.72. The van der Waals surface area contributed by atoms with Gasteiger partial charge in [-0.3, -0.25) is 4.90 Å². The fraction of sp³-hybridized carbons (Fsp3) is 1.00. The van der Waals surface area contributed by atoms with E-state index in [9.17, 15) is 0 Å². The summed E-state index contributed by atoms with van der Waals surface area (Å²) in [6, 6.07) is 0. The zero-order valence-corrected chi connectivity index (χ0v) is 11.0. The van der Waals surface area contributed by atoms with Crippen LogP contribution in [0, 0.1) is 0 Å². The Morgan fingerprint density at radius 3 is 2.56 bits per heavy atom. The summed E-state index contributed by atoms with van der Waals surface area (Å²) in [5, 5.41) is 3.61. The molecule has 0 unspecified atom stereocenters. The highest BCUT2D eigenvalue weighted by atomic mass is 16.5. The third kappa shape index (κ3) is 2.76. The van der Waals surface area contributed by atoms with E-state index in [1.54, 1.807) is 0 Å². The maximum Gasteiger partial charge on any atom is 0.0805 e. The maximum atomic E-state index is 5.72. The number of rotatable bonds is 3.